The lowest BCUT2D eigenvalue weighted by atomic mass is 10.2. The van der Waals surface area contributed by atoms with Crippen LogP contribution in [0, 0.1) is 6.92 Å². The van der Waals surface area contributed by atoms with Crippen LogP contribution in [0.3, 0.4) is 0 Å². The highest BCUT2D eigenvalue weighted by atomic mass is 15.0. The minimum atomic E-state index is -0.395. The van der Waals surface area contributed by atoms with Crippen LogP contribution < -0.4 is 5.73 Å². The molecule has 0 amide bonds. The molecule has 0 aliphatic carbocycles. The van der Waals surface area contributed by atoms with E-state index in [1.165, 1.54) is 0 Å². The Labute approximate surface area is 87.4 Å². The van der Waals surface area contributed by atoms with E-state index in [9.17, 15) is 0 Å². The van der Waals surface area contributed by atoms with E-state index in [2.05, 4.69) is 19.9 Å². The highest BCUT2D eigenvalue weighted by molar-refractivity contribution is 5.15. The SMILES string of the molecule is Cc1nccc(C(N)c2ncccn2)n1. The molecule has 1 atom stereocenters. The first-order chi connectivity index (χ1) is 7.27. The monoisotopic (exact) mass is 201 g/mol. The second kappa shape index (κ2) is 4.10. The number of hydrogen-bond donors (Lipinski definition) is 1. The lowest BCUT2D eigenvalue weighted by Crippen LogP contribution is -2.17. The molecule has 0 aliphatic heterocycles. The van der Waals surface area contributed by atoms with E-state index < -0.39 is 6.04 Å². The maximum Gasteiger partial charge on any atom is 0.150 e. The number of nitrogens with zero attached hydrogens (tertiary/aromatic N) is 4. The van der Waals surface area contributed by atoms with E-state index in [-0.39, 0.29) is 0 Å². The van der Waals surface area contributed by atoms with Crippen LogP contribution in [-0.4, -0.2) is 19.9 Å². The van der Waals surface area contributed by atoms with E-state index in [4.69, 9.17) is 5.73 Å². The largest absolute Gasteiger partial charge is 0.316 e. The average Bonchev–Trinajstić information content (AvgIpc) is 2.29. The summed E-state index contributed by atoms with van der Waals surface area (Å²) in [5, 5.41) is 0. The van der Waals surface area contributed by atoms with Crippen LogP contribution in [0.2, 0.25) is 0 Å². The van der Waals surface area contributed by atoms with Gasteiger partial charge in [-0.3, -0.25) is 0 Å². The molecule has 0 radical (unpaired) electrons. The van der Waals surface area contributed by atoms with Crippen molar-refractivity contribution < 1.29 is 0 Å². The number of rotatable bonds is 2. The van der Waals surface area contributed by atoms with Crippen molar-refractivity contribution in [2.45, 2.75) is 13.0 Å². The molecule has 76 valence electrons. The van der Waals surface area contributed by atoms with E-state index in [0.29, 0.717) is 11.6 Å². The van der Waals surface area contributed by atoms with Gasteiger partial charge in [0.2, 0.25) is 0 Å². The molecule has 2 N–H and O–H groups in total. The maximum absolute atomic E-state index is 5.97. The lowest BCUT2D eigenvalue weighted by Gasteiger charge is -2.08. The minimum Gasteiger partial charge on any atom is -0.316 e. The highest BCUT2D eigenvalue weighted by Gasteiger charge is 2.12. The molecule has 0 saturated carbocycles. The van der Waals surface area contributed by atoms with Gasteiger partial charge >= 0.3 is 0 Å². The van der Waals surface area contributed by atoms with Crippen LogP contribution in [0.15, 0.2) is 30.7 Å². The maximum atomic E-state index is 5.97. The van der Waals surface area contributed by atoms with Crippen molar-refractivity contribution in [3.05, 3.63) is 48.1 Å². The topological polar surface area (TPSA) is 77.6 Å². The predicted octanol–water partition coefficient (Wildman–Crippen LogP) is 0.623. The first-order valence-corrected chi connectivity index (χ1v) is 4.59. The zero-order valence-corrected chi connectivity index (χ0v) is 8.33. The molecule has 0 saturated heterocycles. The molecule has 0 fully saturated rings. The fourth-order valence-corrected chi connectivity index (χ4v) is 1.25. The summed E-state index contributed by atoms with van der Waals surface area (Å²) in [6, 6.07) is 3.13. The van der Waals surface area contributed by atoms with E-state index >= 15 is 0 Å². The Kier molecular flexibility index (Phi) is 2.64. The van der Waals surface area contributed by atoms with Gasteiger partial charge in [-0.1, -0.05) is 0 Å². The fraction of sp³-hybridized carbons (Fsp3) is 0.200. The van der Waals surface area contributed by atoms with E-state index in [1.807, 2.05) is 6.92 Å². The Hall–Kier alpha value is -1.88. The third kappa shape index (κ3) is 2.13. The Morgan fingerprint density at radius 1 is 1.13 bits per heavy atom. The normalized spacial score (nSPS) is 12.4. The van der Waals surface area contributed by atoms with Gasteiger partial charge in [0.15, 0.2) is 5.82 Å². The molecule has 1 unspecified atom stereocenters. The smallest absolute Gasteiger partial charge is 0.150 e. The summed E-state index contributed by atoms with van der Waals surface area (Å²) in [5.41, 5.74) is 6.70. The zero-order valence-electron chi connectivity index (χ0n) is 8.33. The average molecular weight is 201 g/mol. The number of hydrogen-bond acceptors (Lipinski definition) is 5. The molecule has 15 heavy (non-hydrogen) atoms. The van der Waals surface area contributed by atoms with Gasteiger partial charge in [-0.25, -0.2) is 19.9 Å². The Balaban J connectivity index is 2.32. The Bertz CT molecular complexity index is 443. The number of aryl methyl sites for hydroxylation is 1. The first-order valence-electron chi connectivity index (χ1n) is 4.59. The van der Waals surface area contributed by atoms with Gasteiger partial charge in [0.25, 0.3) is 0 Å². The molecule has 0 aliphatic rings. The van der Waals surface area contributed by atoms with Crippen molar-refractivity contribution in [2.24, 2.45) is 5.73 Å². The summed E-state index contributed by atoms with van der Waals surface area (Å²) in [6.07, 6.45) is 5.01. The molecule has 5 nitrogen and oxygen atoms in total. The Morgan fingerprint density at radius 3 is 2.53 bits per heavy atom. The number of aromatic nitrogens is 4. The molecule has 2 rings (SSSR count). The minimum absolute atomic E-state index is 0.395. The molecule has 0 spiro atoms. The summed E-state index contributed by atoms with van der Waals surface area (Å²) in [7, 11) is 0. The standard InChI is InChI=1S/C10H11N5/c1-7-12-6-3-8(15-7)9(11)10-13-4-2-5-14-10/h2-6,9H,11H2,1H3. The van der Waals surface area contributed by atoms with Gasteiger partial charge in [-0.05, 0) is 19.1 Å². The van der Waals surface area contributed by atoms with Crippen molar-refractivity contribution in [3.63, 3.8) is 0 Å². The fourth-order valence-electron chi connectivity index (χ4n) is 1.25. The third-order valence-corrected chi connectivity index (χ3v) is 1.98. The van der Waals surface area contributed by atoms with E-state index in [0.717, 1.165) is 5.69 Å². The van der Waals surface area contributed by atoms with Gasteiger partial charge < -0.3 is 5.73 Å². The van der Waals surface area contributed by atoms with Gasteiger partial charge in [0.1, 0.15) is 11.9 Å². The molecule has 0 aromatic carbocycles. The summed E-state index contributed by atoms with van der Waals surface area (Å²) in [4.78, 5) is 16.4. The highest BCUT2D eigenvalue weighted by Crippen LogP contribution is 2.12. The molecule has 2 aromatic heterocycles. The summed E-state index contributed by atoms with van der Waals surface area (Å²) < 4.78 is 0. The number of nitrogens with two attached hydrogens (primary N) is 1. The first kappa shape index (κ1) is 9.67. The van der Waals surface area contributed by atoms with Crippen LogP contribution >= 0.6 is 0 Å². The van der Waals surface area contributed by atoms with Crippen LogP contribution in [0.1, 0.15) is 23.4 Å². The van der Waals surface area contributed by atoms with Crippen LogP contribution in [-0.2, 0) is 0 Å². The molecule has 2 heterocycles. The van der Waals surface area contributed by atoms with Crippen LogP contribution in [0.25, 0.3) is 0 Å². The molecule has 5 heteroatoms. The second-order valence-corrected chi connectivity index (χ2v) is 3.11. The predicted molar refractivity (Wildman–Crippen MR) is 54.8 cm³/mol. The molecular weight excluding hydrogens is 190 g/mol. The summed E-state index contributed by atoms with van der Waals surface area (Å²) >= 11 is 0. The van der Waals surface area contributed by atoms with Crippen molar-refractivity contribution >= 4 is 0 Å². The van der Waals surface area contributed by atoms with Gasteiger partial charge in [0.05, 0.1) is 5.69 Å². The van der Waals surface area contributed by atoms with Crippen LogP contribution in [0.5, 0.6) is 0 Å². The van der Waals surface area contributed by atoms with Crippen molar-refractivity contribution in [2.75, 3.05) is 0 Å². The van der Waals surface area contributed by atoms with Crippen molar-refractivity contribution in [1.82, 2.24) is 19.9 Å². The second-order valence-electron chi connectivity index (χ2n) is 3.11. The van der Waals surface area contributed by atoms with Gasteiger partial charge in [0, 0.05) is 18.6 Å². The lowest BCUT2D eigenvalue weighted by molar-refractivity contribution is 0.743. The molecule has 2 aromatic rings. The van der Waals surface area contributed by atoms with E-state index in [1.54, 1.807) is 30.7 Å². The molecular formula is C10H11N5. The zero-order chi connectivity index (χ0) is 10.7. The van der Waals surface area contributed by atoms with Crippen molar-refractivity contribution in [1.29, 1.82) is 0 Å². The quantitative estimate of drug-likeness (QED) is 0.770. The van der Waals surface area contributed by atoms with Gasteiger partial charge in [-0.2, -0.15) is 0 Å². The van der Waals surface area contributed by atoms with Crippen LogP contribution in [0.4, 0.5) is 0 Å². The molecule has 0 bridgehead atoms. The van der Waals surface area contributed by atoms with Crippen molar-refractivity contribution in [3.8, 4) is 0 Å². The van der Waals surface area contributed by atoms with Gasteiger partial charge in [-0.15, -0.1) is 0 Å². The third-order valence-electron chi connectivity index (χ3n) is 1.98. The Morgan fingerprint density at radius 2 is 1.87 bits per heavy atom. The summed E-state index contributed by atoms with van der Waals surface area (Å²) in [5.74, 6) is 1.26. The summed E-state index contributed by atoms with van der Waals surface area (Å²) in [6.45, 7) is 1.82.